The van der Waals surface area contributed by atoms with Crippen LogP contribution in [-0.2, 0) is 4.79 Å². The Kier molecular flexibility index (Phi) is 2.34. The van der Waals surface area contributed by atoms with Gasteiger partial charge in [-0.25, -0.2) is 0 Å². The van der Waals surface area contributed by atoms with E-state index in [1.165, 1.54) is 6.08 Å². The second kappa shape index (κ2) is 3.27. The molecular weight excluding hydrogens is 242 g/mol. The van der Waals surface area contributed by atoms with E-state index in [-0.39, 0.29) is 5.78 Å². The Labute approximate surface area is 96.3 Å². The first-order valence-corrected chi connectivity index (χ1v) is 5.05. The van der Waals surface area contributed by atoms with Crippen molar-refractivity contribution in [3.63, 3.8) is 0 Å². The maximum Gasteiger partial charge on any atom is 0.205 e. The van der Waals surface area contributed by atoms with Crippen molar-refractivity contribution in [2.45, 2.75) is 4.33 Å². The molecule has 1 aromatic rings. The Morgan fingerprint density at radius 3 is 2.07 bits per heavy atom. The van der Waals surface area contributed by atoms with Crippen molar-refractivity contribution < 1.29 is 4.79 Å². The van der Waals surface area contributed by atoms with Crippen molar-refractivity contribution in [3.8, 4) is 0 Å². The number of carbonyl (C=O) groups is 1. The van der Waals surface area contributed by atoms with Crippen molar-refractivity contribution in [1.82, 2.24) is 0 Å². The Balaban J connectivity index is 2.40. The molecule has 0 spiro atoms. The van der Waals surface area contributed by atoms with Crippen molar-refractivity contribution in [1.29, 1.82) is 0 Å². The van der Waals surface area contributed by atoms with Crippen molar-refractivity contribution >= 4 is 46.2 Å². The number of benzene rings is 1. The van der Waals surface area contributed by atoms with E-state index in [2.05, 4.69) is 0 Å². The van der Waals surface area contributed by atoms with E-state index in [0.717, 1.165) is 5.56 Å². The average molecular weight is 248 g/mol. The Hall–Kier alpha value is -0.500. The third kappa shape index (κ3) is 1.46. The quantitative estimate of drug-likeness (QED) is 0.695. The zero-order chi connectivity index (χ0) is 10.3. The molecule has 1 aliphatic carbocycles. The maximum atomic E-state index is 11.0. The number of allylic oxidation sites excluding steroid dienone is 2. The number of ketones is 1. The second-order valence-electron chi connectivity index (χ2n) is 3.00. The predicted molar refractivity (Wildman–Crippen MR) is 58.9 cm³/mol. The normalized spacial score (nSPS) is 18.8. The SMILES string of the molecule is O=C1C=C(c2ccc(Cl)cc2)C1(Cl)Cl. The number of alkyl halides is 2. The van der Waals surface area contributed by atoms with Gasteiger partial charge in [-0.3, -0.25) is 4.79 Å². The highest BCUT2D eigenvalue weighted by atomic mass is 35.5. The Morgan fingerprint density at radius 1 is 1.07 bits per heavy atom. The molecule has 0 amide bonds. The largest absolute Gasteiger partial charge is 0.291 e. The van der Waals surface area contributed by atoms with Gasteiger partial charge in [-0.2, -0.15) is 0 Å². The summed E-state index contributed by atoms with van der Waals surface area (Å²) in [5.74, 6) is -0.272. The van der Waals surface area contributed by atoms with Gasteiger partial charge < -0.3 is 0 Å². The lowest BCUT2D eigenvalue weighted by Gasteiger charge is -2.28. The summed E-state index contributed by atoms with van der Waals surface area (Å²) < 4.78 is -1.38. The van der Waals surface area contributed by atoms with Crippen molar-refractivity contribution in [2.75, 3.05) is 0 Å². The molecule has 0 atom stereocenters. The Morgan fingerprint density at radius 2 is 1.64 bits per heavy atom. The van der Waals surface area contributed by atoms with Crippen LogP contribution in [0.2, 0.25) is 5.02 Å². The van der Waals surface area contributed by atoms with Gasteiger partial charge in [-0.05, 0) is 23.8 Å². The lowest BCUT2D eigenvalue weighted by molar-refractivity contribution is -0.115. The number of hydrogen-bond acceptors (Lipinski definition) is 1. The topological polar surface area (TPSA) is 17.1 Å². The molecule has 0 saturated heterocycles. The summed E-state index contributed by atoms with van der Waals surface area (Å²) in [4.78, 5) is 11.0. The highest BCUT2D eigenvalue weighted by molar-refractivity contribution is 6.69. The molecule has 72 valence electrons. The maximum absolute atomic E-state index is 11.0. The van der Waals surface area contributed by atoms with Crippen LogP contribution in [-0.4, -0.2) is 10.1 Å². The predicted octanol–water partition coefficient (Wildman–Crippen LogP) is 3.48. The highest BCUT2D eigenvalue weighted by Gasteiger charge is 2.45. The molecular formula is C10H5Cl3O. The molecule has 0 heterocycles. The van der Waals surface area contributed by atoms with Crippen LogP contribution >= 0.6 is 34.8 Å². The molecule has 1 nitrogen and oxygen atoms in total. The number of hydrogen-bond donors (Lipinski definition) is 0. The lowest BCUT2D eigenvalue weighted by atomic mass is 9.89. The van der Waals surface area contributed by atoms with Crippen LogP contribution in [0.3, 0.4) is 0 Å². The molecule has 0 unspecified atom stereocenters. The molecule has 0 saturated carbocycles. The summed E-state index contributed by atoms with van der Waals surface area (Å²) in [6.45, 7) is 0. The van der Waals surface area contributed by atoms with Crippen molar-refractivity contribution in [2.24, 2.45) is 0 Å². The summed E-state index contributed by atoms with van der Waals surface area (Å²) >= 11 is 17.3. The van der Waals surface area contributed by atoms with Crippen LogP contribution in [0.4, 0.5) is 0 Å². The fraction of sp³-hybridized carbons (Fsp3) is 0.100. The van der Waals surface area contributed by atoms with Gasteiger partial charge >= 0.3 is 0 Å². The van der Waals surface area contributed by atoms with Gasteiger partial charge in [0.1, 0.15) is 0 Å². The van der Waals surface area contributed by atoms with Gasteiger partial charge in [0.05, 0.1) is 0 Å². The van der Waals surface area contributed by atoms with Gasteiger partial charge in [0.15, 0.2) is 5.78 Å². The van der Waals surface area contributed by atoms with Crippen LogP contribution in [0.15, 0.2) is 30.3 Å². The highest BCUT2D eigenvalue weighted by Crippen LogP contribution is 2.45. The minimum Gasteiger partial charge on any atom is -0.291 e. The minimum absolute atomic E-state index is 0.272. The first-order valence-electron chi connectivity index (χ1n) is 3.92. The molecule has 0 aromatic heterocycles. The number of halogens is 3. The third-order valence-corrected chi connectivity index (χ3v) is 3.11. The fourth-order valence-corrected chi connectivity index (χ4v) is 1.82. The molecule has 0 radical (unpaired) electrons. The first kappa shape index (κ1) is 10.0. The molecule has 1 aromatic carbocycles. The molecule has 1 aliphatic rings. The number of rotatable bonds is 1. The molecule has 0 aliphatic heterocycles. The van der Waals surface area contributed by atoms with Crippen LogP contribution < -0.4 is 0 Å². The fourth-order valence-electron chi connectivity index (χ4n) is 1.26. The van der Waals surface area contributed by atoms with Crippen LogP contribution in [0.5, 0.6) is 0 Å². The van der Waals surface area contributed by atoms with Crippen LogP contribution in [0.25, 0.3) is 5.57 Å². The standard InChI is InChI=1S/C10H5Cl3O/c11-7-3-1-6(2-4-7)8-5-9(14)10(8,12)13/h1-5H. The molecule has 4 heteroatoms. The average Bonchev–Trinajstić information content (AvgIpc) is 2.16. The third-order valence-electron chi connectivity index (χ3n) is 2.08. The van der Waals surface area contributed by atoms with E-state index < -0.39 is 4.33 Å². The summed E-state index contributed by atoms with van der Waals surface area (Å²) in [6.07, 6.45) is 1.43. The van der Waals surface area contributed by atoms with Gasteiger partial charge in [0, 0.05) is 10.6 Å². The van der Waals surface area contributed by atoms with Crippen LogP contribution in [0, 0.1) is 0 Å². The van der Waals surface area contributed by atoms with Gasteiger partial charge in [0.2, 0.25) is 4.33 Å². The van der Waals surface area contributed by atoms with Gasteiger partial charge in [-0.1, -0.05) is 46.9 Å². The monoisotopic (exact) mass is 246 g/mol. The first-order chi connectivity index (χ1) is 6.51. The zero-order valence-electron chi connectivity index (χ0n) is 6.93. The zero-order valence-corrected chi connectivity index (χ0v) is 9.20. The molecule has 0 fully saturated rings. The summed E-state index contributed by atoms with van der Waals surface area (Å²) in [5.41, 5.74) is 1.45. The molecule has 14 heavy (non-hydrogen) atoms. The van der Waals surface area contributed by atoms with E-state index in [4.69, 9.17) is 34.8 Å². The molecule has 0 bridgehead atoms. The van der Waals surface area contributed by atoms with Gasteiger partial charge in [0.25, 0.3) is 0 Å². The van der Waals surface area contributed by atoms with E-state index in [9.17, 15) is 4.79 Å². The van der Waals surface area contributed by atoms with E-state index >= 15 is 0 Å². The minimum atomic E-state index is -1.38. The second-order valence-corrected chi connectivity index (χ2v) is 4.77. The van der Waals surface area contributed by atoms with Gasteiger partial charge in [-0.15, -0.1) is 0 Å². The lowest BCUT2D eigenvalue weighted by Crippen LogP contribution is -2.34. The van der Waals surface area contributed by atoms with E-state index in [1.807, 2.05) is 0 Å². The molecule has 2 rings (SSSR count). The van der Waals surface area contributed by atoms with E-state index in [0.29, 0.717) is 10.6 Å². The molecule has 0 N–H and O–H groups in total. The smallest absolute Gasteiger partial charge is 0.205 e. The Bertz CT molecular complexity index is 417. The summed E-state index contributed by atoms with van der Waals surface area (Å²) in [7, 11) is 0. The summed E-state index contributed by atoms with van der Waals surface area (Å²) in [5, 5.41) is 0.634. The number of carbonyl (C=O) groups excluding carboxylic acids is 1. The van der Waals surface area contributed by atoms with Crippen LogP contribution in [0.1, 0.15) is 5.56 Å². The van der Waals surface area contributed by atoms with E-state index in [1.54, 1.807) is 24.3 Å². The van der Waals surface area contributed by atoms with Crippen molar-refractivity contribution in [3.05, 3.63) is 40.9 Å². The summed E-state index contributed by atoms with van der Waals surface area (Å²) in [6, 6.07) is 7.01.